The van der Waals surface area contributed by atoms with Crippen molar-refractivity contribution in [1.82, 2.24) is 5.32 Å². The van der Waals surface area contributed by atoms with E-state index in [4.69, 9.17) is 5.73 Å². The van der Waals surface area contributed by atoms with Crippen LogP contribution in [0.4, 0.5) is 5.69 Å². The number of fused-ring (bicyclic) bond motifs is 3. The van der Waals surface area contributed by atoms with Crippen molar-refractivity contribution in [3.8, 4) is 0 Å². The highest BCUT2D eigenvalue weighted by molar-refractivity contribution is 5.96. The average Bonchev–Trinajstić information content (AvgIpc) is 2.60. The predicted octanol–water partition coefficient (Wildman–Crippen LogP) is 3.02. The van der Waals surface area contributed by atoms with Crippen LogP contribution in [0.1, 0.15) is 50.5 Å². The van der Waals surface area contributed by atoms with Crippen LogP contribution in [0.3, 0.4) is 0 Å². The first-order valence-electron chi connectivity index (χ1n) is 10.0. The van der Waals surface area contributed by atoms with Gasteiger partial charge in [0, 0.05) is 30.1 Å². The Labute approximate surface area is 167 Å². The Morgan fingerprint density at radius 1 is 1.19 bits per heavy atom. The van der Waals surface area contributed by atoms with Crippen LogP contribution in [0.25, 0.3) is 0 Å². The lowest BCUT2D eigenvalue weighted by atomic mass is 9.67. The topological polar surface area (TPSA) is 84.2 Å². The number of hydrogen-bond donors (Lipinski definition) is 3. The van der Waals surface area contributed by atoms with Crippen LogP contribution in [0, 0.1) is 17.8 Å². The predicted molar refractivity (Wildman–Crippen MR) is 109 cm³/mol. The lowest BCUT2D eigenvalue weighted by Gasteiger charge is -2.45. The molecular weight excluding hydrogens is 362 g/mol. The quantitative estimate of drug-likeness (QED) is 0.737. The summed E-state index contributed by atoms with van der Waals surface area (Å²) in [6.07, 6.45) is 7.42. The summed E-state index contributed by atoms with van der Waals surface area (Å²) in [5, 5.41) is 6.26. The van der Waals surface area contributed by atoms with Gasteiger partial charge in [0.2, 0.25) is 11.8 Å². The summed E-state index contributed by atoms with van der Waals surface area (Å²) < 4.78 is 0. The lowest BCUT2D eigenvalue weighted by Crippen LogP contribution is -2.53. The minimum absolute atomic E-state index is 0. The Kier molecular flexibility index (Phi) is 6.43. The third-order valence-corrected chi connectivity index (χ3v) is 6.54. The number of anilines is 1. The van der Waals surface area contributed by atoms with Gasteiger partial charge < -0.3 is 16.4 Å². The summed E-state index contributed by atoms with van der Waals surface area (Å²) in [6.45, 7) is 0. The molecule has 3 aliphatic rings. The van der Waals surface area contributed by atoms with Crippen LogP contribution in [0.15, 0.2) is 24.3 Å². The Morgan fingerprint density at radius 2 is 1.89 bits per heavy atom. The van der Waals surface area contributed by atoms with Gasteiger partial charge in [-0.2, -0.15) is 0 Å². The average molecular weight is 392 g/mol. The number of nitrogens with one attached hydrogen (secondary N) is 2. The van der Waals surface area contributed by atoms with Crippen molar-refractivity contribution in [3.63, 3.8) is 0 Å². The van der Waals surface area contributed by atoms with E-state index in [-0.39, 0.29) is 36.2 Å². The molecular formula is C21H30ClN3O2. The third kappa shape index (κ3) is 4.46. The number of para-hydroxylation sites is 1. The molecule has 3 unspecified atom stereocenters. The van der Waals surface area contributed by atoms with Crippen molar-refractivity contribution >= 4 is 29.9 Å². The Bertz CT molecular complexity index is 682. The molecule has 0 aromatic heterocycles. The standard InChI is InChI=1S/C21H29N3O2.ClH/c22-17-11-14-5-3-6-15(12-17)20(14)24-19(25)9-8-16-10-13-4-1-2-7-18(13)23-21(16)26;/h1-2,4,7,14-17,20H,3,5-6,8-12,22H2,(H,23,26)(H,24,25);1H. The molecule has 4 rings (SSSR count). The van der Waals surface area contributed by atoms with Gasteiger partial charge in [-0.05, 0) is 62.0 Å². The highest BCUT2D eigenvalue weighted by atomic mass is 35.5. The molecule has 27 heavy (non-hydrogen) atoms. The minimum atomic E-state index is -0.116. The smallest absolute Gasteiger partial charge is 0.227 e. The minimum Gasteiger partial charge on any atom is -0.353 e. The van der Waals surface area contributed by atoms with E-state index >= 15 is 0 Å². The third-order valence-electron chi connectivity index (χ3n) is 6.54. The molecule has 2 saturated carbocycles. The molecule has 148 valence electrons. The van der Waals surface area contributed by atoms with Gasteiger partial charge >= 0.3 is 0 Å². The summed E-state index contributed by atoms with van der Waals surface area (Å²) >= 11 is 0. The second-order valence-electron chi connectivity index (χ2n) is 8.36. The monoisotopic (exact) mass is 391 g/mol. The summed E-state index contributed by atoms with van der Waals surface area (Å²) in [7, 11) is 0. The molecule has 2 amide bonds. The van der Waals surface area contributed by atoms with E-state index in [1.165, 1.54) is 19.3 Å². The molecule has 2 aliphatic carbocycles. The Balaban J connectivity index is 0.00000210. The van der Waals surface area contributed by atoms with Crippen molar-refractivity contribution in [2.75, 3.05) is 5.32 Å². The van der Waals surface area contributed by atoms with E-state index in [2.05, 4.69) is 10.6 Å². The van der Waals surface area contributed by atoms with Gasteiger partial charge in [-0.25, -0.2) is 0 Å². The van der Waals surface area contributed by atoms with Crippen LogP contribution in [0.2, 0.25) is 0 Å². The molecule has 0 radical (unpaired) electrons. The molecule has 0 saturated heterocycles. The molecule has 1 heterocycles. The molecule has 6 heteroatoms. The van der Waals surface area contributed by atoms with Crippen molar-refractivity contribution in [1.29, 1.82) is 0 Å². The summed E-state index contributed by atoms with van der Waals surface area (Å²) in [4.78, 5) is 24.8. The van der Waals surface area contributed by atoms with Gasteiger partial charge in [-0.1, -0.05) is 24.6 Å². The van der Waals surface area contributed by atoms with Gasteiger partial charge in [0.25, 0.3) is 0 Å². The fourth-order valence-corrected chi connectivity index (χ4v) is 5.23. The van der Waals surface area contributed by atoms with Crippen molar-refractivity contribution < 1.29 is 9.59 Å². The number of carbonyl (C=O) groups is 2. The largest absolute Gasteiger partial charge is 0.353 e. The molecule has 1 aromatic carbocycles. The summed E-state index contributed by atoms with van der Waals surface area (Å²) in [5.74, 6) is 1.08. The van der Waals surface area contributed by atoms with Crippen molar-refractivity contribution in [2.24, 2.45) is 23.5 Å². The number of amides is 2. The van der Waals surface area contributed by atoms with Gasteiger partial charge in [0.15, 0.2) is 0 Å². The number of benzene rings is 1. The van der Waals surface area contributed by atoms with Crippen LogP contribution in [-0.2, 0) is 16.0 Å². The van der Waals surface area contributed by atoms with Crippen LogP contribution in [0.5, 0.6) is 0 Å². The van der Waals surface area contributed by atoms with Gasteiger partial charge in [-0.15, -0.1) is 12.4 Å². The summed E-state index contributed by atoms with van der Waals surface area (Å²) in [6, 6.07) is 8.49. The fraction of sp³-hybridized carbons (Fsp3) is 0.619. The molecule has 2 bridgehead atoms. The molecule has 5 nitrogen and oxygen atoms in total. The van der Waals surface area contributed by atoms with Gasteiger partial charge in [0.05, 0.1) is 0 Å². The van der Waals surface area contributed by atoms with E-state index in [1.807, 2.05) is 24.3 Å². The molecule has 2 fully saturated rings. The number of carbonyl (C=O) groups excluding carboxylic acids is 2. The van der Waals surface area contributed by atoms with Crippen LogP contribution in [-0.4, -0.2) is 23.9 Å². The SMILES string of the molecule is Cl.NC1CC2CCCC(C1)C2NC(=O)CCC1Cc2ccccc2NC1=O. The number of hydrogen-bond acceptors (Lipinski definition) is 3. The molecule has 1 aliphatic heterocycles. The molecule has 0 spiro atoms. The molecule has 4 N–H and O–H groups in total. The zero-order chi connectivity index (χ0) is 18.1. The second kappa shape index (κ2) is 8.61. The zero-order valence-electron chi connectivity index (χ0n) is 15.7. The number of rotatable bonds is 4. The first-order valence-corrected chi connectivity index (χ1v) is 10.0. The second-order valence-corrected chi connectivity index (χ2v) is 8.36. The summed E-state index contributed by atoms with van der Waals surface area (Å²) in [5.41, 5.74) is 8.24. The zero-order valence-corrected chi connectivity index (χ0v) is 16.5. The van der Waals surface area contributed by atoms with E-state index in [0.29, 0.717) is 30.7 Å². The molecule has 3 atom stereocenters. The Hall–Kier alpha value is -1.59. The highest BCUT2D eigenvalue weighted by Gasteiger charge is 2.40. The Morgan fingerprint density at radius 3 is 2.63 bits per heavy atom. The number of halogens is 1. The van der Waals surface area contributed by atoms with Crippen LogP contribution >= 0.6 is 12.4 Å². The van der Waals surface area contributed by atoms with Gasteiger partial charge in [-0.3, -0.25) is 9.59 Å². The first kappa shape index (κ1) is 20.2. The van der Waals surface area contributed by atoms with Crippen molar-refractivity contribution in [3.05, 3.63) is 29.8 Å². The lowest BCUT2D eigenvalue weighted by molar-refractivity contribution is -0.124. The van der Waals surface area contributed by atoms with E-state index in [9.17, 15) is 9.59 Å². The number of nitrogens with two attached hydrogens (primary N) is 1. The van der Waals surface area contributed by atoms with Crippen molar-refractivity contribution in [2.45, 2.75) is 63.5 Å². The maximum Gasteiger partial charge on any atom is 0.227 e. The molecule has 1 aromatic rings. The maximum absolute atomic E-state index is 12.5. The fourth-order valence-electron chi connectivity index (χ4n) is 5.23. The van der Waals surface area contributed by atoms with E-state index in [0.717, 1.165) is 30.5 Å². The highest BCUT2D eigenvalue weighted by Crippen LogP contribution is 2.39. The normalized spacial score (nSPS) is 31.9. The first-order chi connectivity index (χ1) is 12.6. The van der Waals surface area contributed by atoms with E-state index in [1.54, 1.807) is 0 Å². The van der Waals surface area contributed by atoms with E-state index < -0.39 is 0 Å². The van der Waals surface area contributed by atoms with Crippen LogP contribution < -0.4 is 16.4 Å². The van der Waals surface area contributed by atoms with Gasteiger partial charge in [0.1, 0.15) is 0 Å². The maximum atomic E-state index is 12.5.